The smallest absolute Gasteiger partial charge is 0.277 e. The fraction of sp³-hybridized carbons (Fsp3) is 0.133. The summed E-state index contributed by atoms with van der Waals surface area (Å²) < 4.78 is 10.7. The number of amides is 1. The van der Waals surface area contributed by atoms with Crippen LogP contribution in [0.1, 0.15) is 5.76 Å². The van der Waals surface area contributed by atoms with Gasteiger partial charge in [-0.1, -0.05) is 35.0 Å². The first-order chi connectivity index (χ1) is 11.5. The van der Waals surface area contributed by atoms with E-state index in [0.717, 1.165) is 17.3 Å². The van der Waals surface area contributed by atoms with Gasteiger partial charge < -0.3 is 14.2 Å². The molecule has 0 atom stereocenters. The summed E-state index contributed by atoms with van der Waals surface area (Å²) in [5, 5.41) is 11.7. The third kappa shape index (κ3) is 3.92. The van der Waals surface area contributed by atoms with E-state index in [1.165, 1.54) is 0 Å². The number of anilines is 1. The van der Waals surface area contributed by atoms with Gasteiger partial charge in [-0.3, -0.25) is 4.79 Å². The van der Waals surface area contributed by atoms with Crippen molar-refractivity contribution < 1.29 is 13.6 Å². The molecule has 0 saturated carbocycles. The van der Waals surface area contributed by atoms with Crippen LogP contribution in [0, 0.1) is 6.92 Å². The second-order valence-corrected chi connectivity index (χ2v) is 6.47. The number of hydrogen-bond acceptors (Lipinski definition) is 6. The van der Waals surface area contributed by atoms with Crippen LogP contribution in [0.3, 0.4) is 0 Å². The Morgan fingerprint density at radius 2 is 2.08 bits per heavy atom. The SMILES string of the molecule is Cc1occc1-c1nnc(SCC(=O)Nc2ccc(Cl)c(Cl)c2)o1. The Balaban J connectivity index is 1.57. The van der Waals surface area contributed by atoms with Gasteiger partial charge in [0.05, 0.1) is 27.6 Å². The number of hydrogen-bond donors (Lipinski definition) is 1. The third-order valence-electron chi connectivity index (χ3n) is 3.03. The van der Waals surface area contributed by atoms with E-state index in [1.807, 2.05) is 0 Å². The number of aromatic nitrogens is 2. The number of nitrogens with one attached hydrogen (secondary N) is 1. The summed E-state index contributed by atoms with van der Waals surface area (Å²) in [6.45, 7) is 1.80. The monoisotopic (exact) mass is 383 g/mol. The van der Waals surface area contributed by atoms with Gasteiger partial charge in [0.25, 0.3) is 11.1 Å². The molecule has 0 saturated heterocycles. The van der Waals surface area contributed by atoms with Crippen LogP contribution >= 0.6 is 35.0 Å². The van der Waals surface area contributed by atoms with Crippen LogP contribution in [0.15, 0.2) is 44.6 Å². The standard InChI is InChI=1S/C15H11Cl2N3O3S/c1-8-10(4-5-22-8)14-19-20-15(23-14)24-7-13(21)18-9-2-3-11(16)12(17)6-9/h2-6H,7H2,1H3,(H,18,21). The topological polar surface area (TPSA) is 81.2 Å². The third-order valence-corrected chi connectivity index (χ3v) is 4.58. The molecule has 0 aliphatic heterocycles. The quantitative estimate of drug-likeness (QED) is 0.644. The average molecular weight is 384 g/mol. The molecule has 0 fully saturated rings. The molecule has 0 spiro atoms. The molecule has 2 heterocycles. The molecular weight excluding hydrogens is 373 g/mol. The van der Waals surface area contributed by atoms with Gasteiger partial charge in [-0.05, 0) is 31.2 Å². The molecule has 1 aromatic carbocycles. The van der Waals surface area contributed by atoms with Crippen molar-refractivity contribution in [2.24, 2.45) is 0 Å². The summed E-state index contributed by atoms with van der Waals surface area (Å²) in [4.78, 5) is 12.0. The first-order valence-electron chi connectivity index (χ1n) is 6.78. The number of benzene rings is 1. The number of rotatable bonds is 5. The van der Waals surface area contributed by atoms with Gasteiger partial charge in [-0.2, -0.15) is 0 Å². The van der Waals surface area contributed by atoms with Crippen LogP contribution in [-0.4, -0.2) is 21.9 Å². The van der Waals surface area contributed by atoms with Crippen molar-refractivity contribution in [3.8, 4) is 11.5 Å². The zero-order valence-corrected chi connectivity index (χ0v) is 14.7. The molecule has 1 N–H and O–H groups in total. The molecule has 9 heteroatoms. The highest BCUT2D eigenvalue weighted by molar-refractivity contribution is 7.99. The molecule has 1 amide bonds. The maximum Gasteiger partial charge on any atom is 0.277 e. The molecule has 24 heavy (non-hydrogen) atoms. The first-order valence-corrected chi connectivity index (χ1v) is 8.53. The van der Waals surface area contributed by atoms with Crippen molar-refractivity contribution in [1.82, 2.24) is 10.2 Å². The zero-order valence-electron chi connectivity index (χ0n) is 12.4. The van der Waals surface area contributed by atoms with E-state index in [0.29, 0.717) is 32.6 Å². The van der Waals surface area contributed by atoms with E-state index >= 15 is 0 Å². The van der Waals surface area contributed by atoms with E-state index in [9.17, 15) is 4.79 Å². The lowest BCUT2D eigenvalue weighted by Gasteiger charge is -2.05. The molecule has 0 radical (unpaired) electrons. The van der Waals surface area contributed by atoms with E-state index in [1.54, 1.807) is 37.5 Å². The van der Waals surface area contributed by atoms with Crippen LogP contribution < -0.4 is 5.32 Å². The van der Waals surface area contributed by atoms with E-state index in [-0.39, 0.29) is 11.7 Å². The molecule has 3 rings (SSSR count). The Morgan fingerprint density at radius 3 is 2.79 bits per heavy atom. The largest absolute Gasteiger partial charge is 0.469 e. The number of nitrogens with zero attached hydrogens (tertiary/aromatic N) is 2. The second kappa shape index (κ2) is 7.29. The average Bonchev–Trinajstić information content (AvgIpc) is 3.17. The predicted octanol–water partition coefficient (Wildman–Crippen LogP) is 4.68. The summed E-state index contributed by atoms with van der Waals surface area (Å²) in [5.74, 6) is 0.936. The summed E-state index contributed by atoms with van der Waals surface area (Å²) in [6, 6.07) is 6.61. The second-order valence-electron chi connectivity index (χ2n) is 4.73. The van der Waals surface area contributed by atoms with Gasteiger partial charge in [0.2, 0.25) is 5.91 Å². The van der Waals surface area contributed by atoms with Crippen LogP contribution in [0.2, 0.25) is 10.0 Å². The number of aryl methyl sites for hydroxylation is 1. The van der Waals surface area contributed by atoms with Crippen molar-refractivity contribution >= 4 is 46.6 Å². The molecule has 0 unspecified atom stereocenters. The van der Waals surface area contributed by atoms with E-state index in [2.05, 4.69) is 15.5 Å². The lowest BCUT2D eigenvalue weighted by atomic mass is 10.3. The fourth-order valence-electron chi connectivity index (χ4n) is 1.88. The van der Waals surface area contributed by atoms with Gasteiger partial charge in [0.1, 0.15) is 5.76 Å². The minimum Gasteiger partial charge on any atom is -0.469 e. The van der Waals surface area contributed by atoms with Crippen LogP contribution in [0.5, 0.6) is 0 Å². The lowest BCUT2D eigenvalue weighted by molar-refractivity contribution is -0.113. The van der Waals surface area contributed by atoms with Crippen molar-refractivity contribution in [1.29, 1.82) is 0 Å². The minimum atomic E-state index is -0.224. The van der Waals surface area contributed by atoms with Gasteiger partial charge in [-0.15, -0.1) is 10.2 Å². The van der Waals surface area contributed by atoms with Crippen LogP contribution in [0.4, 0.5) is 5.69 Å². The molecule has 124 valence electrons. The number of carbonyl (C=O) groups is 1. The Morgan fingerprint density at radius 1 is 1.25 bits per heavy atom. The van der Waals surface area contributed by atoms with Crippen molar-refractivity contribution in [2.45, 2.75) is 12.1 Å². The van der Waals surface area contributed by atoms with Gasteiger partial charge >= 0.3 is 0 Å². The number of halogens is 2. The van der Waals surface area contributed by atoms with Crippen molar-refractivity contribution in [2.75, 3.05) is 11.1 Å². The Bertz CT molecular complexity index is 878. The molecule has 3 aromatic rings. The fourth-order valence-corrected chi connectivity index (χ4v) is 2.74. The van der Waals surface area contributed by atoms with Crippen LogP contribution in [0.25, 0.3) is 11.5 Å². The summed E-state index contributed by atoms with van der Waals surface area (Å²) in [7, 11) is 0. The Hall–Kier alpha value is -1.96. The van der Waals surface area contributed by atoms with Gasteiger partial charge in [0.15, 0.2) is 0 Å². The van der Waals surface area contributed by atoms with Crippen molar-refractivity contribution in [3.63, 3.8) is 0 Å². The highest BCUT2D eigenvalue weighted by Crippen LogP contribution is 2.27. The van der Waals surface area contributed by atoms with Crippen LogP contribution in [-0.2, 0) is 4.79 Å². The molecule has 2 aromatic heterocycles. The van der Waals surface area contributed by atoms with Gasteiger partial charge in [0, 0.05) is 5.69 Å². The zero-order chi connectivity index (χ0) is 17.1. The molecule has 0 bridgehead atoms. The maximum absolute atomic E-state index is 12.0. The lowest BCUT2D eigenvalue weighted by Crippen LogP contribution is -2.13. The van der Waals surface area contributed by atoms with E-state index in [4.69, 9.17) is 32.0 Å². The first kappa shape index (κ1) is 16.9. The summed E-state index contributed by atoms with van der Waals surface area (Å²) >= 11 is 12.9. The van der Waals surface area contributed by atoms with Crippen molar-refractivity contribution in [3.05, 3.63) is 46.3 Å². The molecule has 0 aliphatic rings. The predicted molar refractivity (Wildman–Crippen MR) is 92.6 cm³/mol. The Labute approximate surface area is 151 Å². The maximum atomic E-state index is 12.0. The number of carbonyl (C=O) groups excluding carboxylic acids is 1. The Kier molecular flexibility index (Phi) is 5.13. The molecule has 0 aliphatic carbocycles. The summed E-state index contributed by atoms with van der Waals surface area (Å²) in [5.41, 5.74) is 1.30. The van der Waals surface area contributed by atoms with E-state index < -0.39 is 0 Å². The highest BCUT2D eigenvalue weighted by Gasteiger charge is 2.14. The number of furan rings is 1. The number of thioether (sulfide) groups is 1. The molecule has 6 nitrogen and oxygen atoms in total. The molecular formula is C15H11Cl2N3O3S. The summed E-state index contributed by atoms with van der Waals surface area (Å²) in [6.07, 6.45) is 1.55. The normalized spacial score (nSPS) is 10.8. The minimum absolute atomic E-state index is 0.117. The van der Waals surface area contributed by atoms with Gasteiger partial charge in [-0.25, -0.2) is 0 Å². The highest BCUT2D eigenvalue weighted by atomic mass is 35.5.